The van der Waals surface area contributed by atoms with Gasteiger partial charge >= 0.3 is 0 Å². The molecule has 38 heavy (non-hydrogen) atoms. The molecule has 1 unspecified atom stereocenters. The molecule has 0 radical (unpaired) electrons. The SMILES string of the molecule is COc1ccc(S(=O)(=O)N2CCCC(C(=O)Nc3nc(-c4ccc(Cc5ccccc5)cc4)cs3)C2)cc1. The maximum Gasteiger partial charge on any atom is 0.243 e. The Hall–Kier alpha value is -3.53. The zero-order valence-electron chi connectivity index (χ0n) is 21.0. The number of carbonyl (C=O) groups excluding carboxylic acids is 1. The number of thiazole rings is 1. The van der Waals surface area contributed by atoms with Gasteiger partial charge < -0.3 is 10.1 Å². The van der Waals surface area contributed by atoms with Gasteiger partial charge in [0, 0.05) is 24.0 Å². The van der Waals surface area contributed by atoms with Crippen LogP contribution < -0.4 is 10.1 Å². The molecule has 7 nitrogen and oxygen atoms in total. The van der Waals surface area contributed by atoms with Crippen molar-refractivity contribution in [3.8, 4) is 17.0 Å². The lowest BCUT2D eigenvalue weighted by molar-refractivity contribution is -0.120. The van der Waals surface area contributed by atoms with E-state index in [2.05, 4.69) is 34.6 Å². The lowest BCUT2D eigenvalue weighted by Gasteiger charge is -2.31. The molecule has 1 amide bonds. The van der Waals surface area contributed by atoms with Gasteiger partial charge in [0.25, 0.3) is 0 Å². The fraction of sp³-hybridized carbons (Fsp3) is 0.241. The molecule has 9 heteroatoms. The summed E-state index contributed by atoms with van der Waals surface area (Å²) in [7, 11) is -2.16. The van der Waals surface area contributed by atoms with E-state index in [1.807, 2.05) is 35.7 Å². The number of rotatable bonds is 8. The Labute approximate surface area is 227 Å². The highest BCUT2D eigenvalue weighted by Gasteiger charge is 2.33. The van der Waals surface area contributed by atoms with Crippen LogP contribution in [-0.4, -0.2) is 43.8 Å². The van der Waals surface area contributed by atoms with Crippen molar-refractivity contribution in [3.63, 3.8) is 0 Å². The Bertz CT molecular complexity index is 1490. The number of hydrogen-bond donors (Lipinski definition) is 1. The van der Waals surface area contributed by atoms with Crippen molar-refractivity contribution in [1.82, 2.24) is 9.29 Å². The molecule has 1 aromatic heterocycles. The van der Waals surface area contributed by atoms with Crippen LogP contribution in [0.25, 0.3) is 11.3 Å². The van der Waals surface area contributed by atoms with Crippen LogP contribution in [0.4, 0.5) is 5.13 Å². The summed E-state index contributed by atoms with van der Waals surface area (Å²) in [5, 5.41) is 5.33. The van der Waals surface area contributed by atoms with E-state index < -0.39 is 15.9 Å². The minimum Gasteiger partial charge on any atom is -0.497 e. The molecule has 1 atom stereocenters. The van der Waals surface area contributed by atoms with E-state index in [1.165, 1.54) is 46.0 Å². The van der Waals surface area contributed by atoms with Crippen molar-refractivity contribution in [1.29, 1.82) is 0 Å². The third-order valence-corrected chi connectivity index (χ3v) is 9.32. The first-order chi connectivity index (χ1) is 18.4. The van der Waals surface area contributed by atoms with Crippen LogP contribution in [0, 0.1) is 5.92 Å². The van der Waals surface area contributed by atoms with Gasteiger partial charge in [0.05, 0.1) is 23.6 Å². The molecule has 1 N–H and O–H groups in total. The van der Waals surface area contributed by atoms with Crippen LogP contribution in [0.3, 0.4) is 0 Å². The third kappa shape index (κ3) is 5.96. The molecular weight excluding hydrogens is 518 g/mol. The average Bonchev–Trinajstić information content (AvgIpc) is 3.42. The molecule has 1 fully saturated rings. The standard InChI is InChI=1S/C29H29N3O4S2/c1-36-25-13-15-26(16-14-25)38(34,35)32-17-5-8-24(19-32)28(33)31-29-30-27(20-37-29)23-11-9-22(10-12-23)18-21-6-3-2-4-7-21/h2-4,6-7,9-16,20,24H,5,8,17-19H2,1H3,(H,30,31,33). The summed E-state index contributed by atoms with van der Waals surface area (Å²) in [6.45, 7) is 0.529. The van der Waals surface area contributed by atoms with Crippen LogP contribution in [0.2, 0.25) is 0 Å². The van der Waals surface area contributed by atoms with Crippen LogP contribution in [0.5, 0.6) is 5.75 Å². The molecule has 0 spiro atoms. The molecule has 0 bridgehead atoms. The lowest BCUT2D eigenvalue weighted by atomic mass is 9.99. The number of nitrogens with zero attached hydrogens (tertiary/aromatic N) is 2. The number of hydrogen-bond acceptors (Lipinski definition) is 6. The molecule has 196 valence electrons. The van der Waals surface area contributed by atoms with Gasteiger partial charge in [0.2, 0.25) is 15.9 Å². The molecule has 1 aliphatic heterocycles. The number of benzene rings is 3. The van der Waals surface area contributed by atoms with Crippen molar-refractivity contribution in [2.24, 2.45) is 5.92 Å². The van der Waals surface area contributed by atoms with E-state index in [9.17, 15) is 13.2 Å². The third-order valence-electron chi connectivity index (χ3n) is 6.69. The van der Waals surface area contributed by atoms with E-state index in [1.54, 1.807) is 12.1 Å². The molecule has 1 aliphatic rings. The number of piperidine rings is 1. The van der Waals surface area contributed by atoms with Gasteiger partial charge in [-0.2, -0.15) is 4.31 Å². The fourth-order valence-corrected chi connectivity index (χ4v) is 6.81. The van der Waals surface area contributed by atoms with Gasteiger partial charge in [-0.1, -0.05) is 54.6 Å². The number of ether oxygens (including phenoxy) is 1. The van der Waals surface area contributed by atoms with Crippen molar-refractivity contribution in [3.05, 3.63) is 95.4 Å². The molecule has 1 saturated heterocycles. The number of aromatic nitrogens is 1. The number of nitrogens with one attached hydrogen (secondary N) is 1. The summed E-state index contributed by atoms with van der Waals surface area (Å²) in [6, 6.07) is 24.9. The van der Waals surface area contributed by atoms with Crippen LogP contribution in [0.15, 0.2) is 89.1 Å². The molecule has 4 aromatic rings. The predicted octanol–water partition coefficient (Wildman–Crippen LogP) is 5.45. The van der Waals surface area contributed by atoms with Gasteiger partial charge in [-0.3, -0.25) is 4.79 Å². The highest BCUT2D eigenvalue weighted by molar-refractivity contribution is 7.89. The minimum absolute atomic E-state index is 0.140. The Morgan fingerprint density at radius 1 is 1.03 bits per heavy atom. The number of carbonyl (C=O) groups is 1. The topological polar surface area (TPSA) is 88.6 Å². The number of amides is 1. The van der Waals surface area contributed by atoms with E-state index in [0.717, 1.165) is 17.7 Å². The van der Waals surface area contributed by atoms with E-state index >= 15 is 0 Å². The Morgan fingerprint density at radius 2 is 1.74 bits per heavy atom. The number of sulfonamides is 1. The van der Waals surface area contributed by atoms with E-state index in [0.29, 0.717) is 30.3 Å². The first-order valence-corrected chi connectivity index (χ1v) is 14.8. The van der Waals surface area contributed by atoms with Gasteiger partial charge in [-0.25, -0.2) is 13.4 Å². The summed E-state index contributed by atoms with van der Waals surface area (Å²) < 4.78 is 32.8. The van der Waals surface area contributed by atoms with Crippen molar-refractivity contribution in [2.45, 2.75) is 24.2 Å². The van der Waals surface area contributed by atoms with Crippen LogP contribution >= 0.6 is 11.3 Å². The molecule has 0 aliphatic carbocycles. The predicted molar refractivity (Wildman–Crippen MR) is 150 cm³/mol. The summed E-state index contributed by atoms with van der Waals surface area (Å²) >= 11 is 1.36. The fourth-order valence-electron chi connectivity index (χ4n) is 4.57. The van der Waals surface area contributed by atoms with E-state index in [-0.39, 0.29) is 17.3 Å². The zero-order chi connectivity index (χ0) is 26.5. The molecule has 2 heterocycles. The van der Waals surface area contributed by atoms with Gasteiger partial charge in [-0.15, -0.1) is 11.3 Å². The smallest absolute Gasteiger partial charge is 0.243 e. The summed E-state index contributed by atoms with van der Waals surface area (Å²) in [6.07, 6.45) is 2.11. The van der Waals surface area contributed by atoms with Crippen molar-refractivity contribution >= 4 is 32.4 Å². The Morgan fingerprint density at radius 3 is 2.45 bits per heavy atom. The monoisotopic (exact) mass is 547 g/mol. The lowest BCUT2D eigenvalue weighted by Crippen LogP contribution is -2.43. The quantitative estimate of drug-likeness (QED) is 0.317. The molecule has 0 saturated carbocycles. The zero-order valence-corrected chi connectivity index (χ0v) is 22.7. The highest BCUT2D eigenvalue weighted by atomic mass is 32.2. The van der Waals surface area contributed by atoms with Gasteiger partial charge in [0.15, 0.2) is 5.13 Å². The molecule has 3 aromatic carbocycles. The van der Waals surface area contributed by atoms with Crippen LogP contribution in [0.1, 0.15) is 24.0 Å². The summed E-state index contributed by atoms with van der Waals surface area (Å²) in [5.74, 6) is -0.0640. The second-order valence-electron chi connectivity index (χ2n) is 9.26. The highest BCUT2D eigenvalue weighted by Crippen LogP contribution is 2.29. The summed E-state index contributed by atoms with van der Waals surface area (Å²) in [4.78, 5) is 17.8. The van der Waals surface area contributed by atoms with Gasteiger partial charge in [0.1, 0.15) is 5.75 Å². The minimum atomic E-state index is -3.70. The second kappa shape index (κ2) is 11.5. The van der Waals surface area contributed by atoms with Gasteiger partial charge in [-0.05, 0) is 54.7 Å². The van der Waals surface area contributed by atoms with Crippen LogP contribution in [-0.2, 0) is 21.2 Å². The maximum atomic E-state index is 13.1. The van der Waals surface area contributed by atoms with E-state index in [4.69, 9.17) is 4.74 Å². The normalized spacial score (nSPS) is 16.2. The molecule has 5 rings (SSSR count). The van der Waals surface area contributed by atoms with Crippen molar-refractivity contribution < 1.29 is 17.9 Å². The second-order valence-corrected chi connectivity index (χ2v) is 12.1. The number of methoxy groups -OCH3 is 1. The average molecular weight is 548 g/mol. The molecular formula is C29H29N3O4S2. The van der Waals surface area contributed by atoms with Crippen molar-refractivity contribution in [2.75, 3.05) is 25.5 Å². The Balaban J connectivity index is 1.21. The largest absolute Gasteiger partial charge is 0.497 e. The summed E-state index contributed by atoms with van der Waals surface area (Å²) in [5.41, 5.74) is 4.25. The maximum absolute atomic E-state index is 13.1. The number of anilines is 1. The first-order valence-electron chi connectivity index (χ1n) is 12.5. The Kier molecular flexibility index (Phi) is 7.87. The first kappa shape index (κ1) is 26.1.